The van der Waals surface area contributed by atoms with Crippen molar-refractivity contribution in [3.63, 3.8) is 0 Å². The summed E-state index contributed by atoms with van der Waals surface area (Å²) < 4.78 is 29.1. The van der Waals surface area contributed by atoms with Crippen LogP contribution in [0.1, 0.15) is 45.3 Å². The second-order valence-electron chi connectivity index (χ2n) is 5.43. The van der Waals surface area contributed by atoms with Crippen LogP contribution < -0.4 is 4.74 Å². The van der Waals surface area contributed by atoms with E-state index in [2.05, 4.69) is 13.8 Å². The fraction of sp³-hybridized carbons (Fsp3) is 0.600. The molecule has 20 heavy (non-hydrogen) atoms. The molecule has 0 heterocycles. The molecular weight excluding hydrogens is 276 g/mol. The van der Waals surface area contributed by atoms with Crippen LogP contribution >= 0.6 is 0 Å². The van der Waals surface area contributed by atoms with Crippen LogP contribution in [0.5, 0.6) is 5.75 Å². The average molecular weight is 300 g/mol. The maximum absolute atomic E-state index is 11.7. The zero-order chi connectivity index (χ0) is 15.3. The van der Waals surface area contributed by atoms with E-state index in [9.17, 15) is 13.5 Å². The first-order chi connectivity index (χ1) is 9.25. The third-order valence-electron chi connectivity index (χ3n) is 3.09. The van der Waals surface area contributed by atoms with Crippen molar-refractivity contribution >= 4 is 9.84 Å². The third-order valence-corrected chi connectivity index (χ3v) is 4.26. The minimum absolute atomic E-state index is 0.169. The van der Waals surface area contributed by atoms with Crippen molar-refractivity contribution in [2.75, 3.05) is 12.9 Å². The van der Waals surface area contributed by atoms with Crippen molar-refractivity contribution in [1.82, 2.24) is 0 Å². The molecule has 0 saturated heterocycles. The van der Waals surface area contributed by atoms with Gasteiger partial charge >= 0.3 is 0 Å². The molecule has 1 aromatic carbocycles. The van der Waals surface area contributed by atoms with Crippen molar-refractivity contribution in [2.45, 2.75) is 44.6 Å². The summed E-state index contributed by atoms with van der Waals surface area (Å²) in [5.74, 6) is 1.14. The SMILES string of the molecule is CCC(O)c1cc(OCCC(C)C)ccc1S(C)(=O)=O. The monoisotopic (exact) mass is 300 g/mol. The molecule has 0 bridgehead atoms. The van der Waals surface area contributed by atoms with Crippen LogP contribution in [0.4, 0.5) is 0 Å². The molecule has 0 aliphatic heterocycles. The summed E-state index contributed by atoms with van der Waals surface area (Å²) in [4.78, 5) is 0.169. The van der Waals surface area contributed by atoms with Gasteiger partial charge in [0.2, 0.25) is 0 Å². The average Bonchev–Trinajstić information content (AvgIpc) is 2.36. The van der Waals surface area contributed by atoms with Gasteiger partial charge in [-0.1, -0.05) is 20.8 Å². The first kappa shape index (κ1) is 17.0. The van der Waals surface area contributed by atoms with Gasteiger partial charge < -0.3 is 9.84 Å². The molecule has 0 amide bonds. The Morgan fingerprint density at radius 2 is 1.95 bits per heavy atom. The molecule has 0 aliphatic carbocycles. The number of aliphatic hydroxyl groups excluding tert-OH is 1. The largest absolute Gasteiger partial charge is 0.494 e. The Labute approximate surface area is 121 Å². The van der Waals surface area contributed by atoms with E-state index in [4.69, 9.17) is 4.74 Å². The minimum atomic E-state index is -3.35. The molecule has 5 heteroatoms. The summed E-state index contributed by atoms with van der Waals surface area (Å²) in [6, 6.07) is 4.78. The predicted molar refractivity (Wildman–Crippen MR) is 79.8 cm³/mol. The molecule has 0 saturated carbocycles. The second-order valence-corrected chi connectivity index (χ2v) is 7.41. The highest BCUT2D eigenvalue weighted by Crippen LogP contribution is 2.29. The standard InChI is InChI=1S/C15H24O4S/c1-5-14(16)13-10-12(19-9-8-11(2)3)6-7-15(13)20(4,17)18/h6-7,10-11,14,16H,5,8-9H2,1-4H3. The molecule has 114 valence electrons. The molecule has 0 fully saturated rings. The van der Waals surface area contributed by atoms with Crippen molar-refractivity contribution in [1.29, 1.82) is 0 Å². The Balaban J connectivity index is 3.02. The summed E-state index contributed by atoms with van der Waals surface area (Å²) >= 11 is 0. The summed E-state index contributed by atoms with van der Waals surface area (Å²) in [5.41, 5.74) is 0.414. The minimum Gasteiger partial charge on any atom is -0.494 e. The van der Waals surface area contributed by atoms with E-state index in [1.165, 1.54) is 6.07 Å². The van der Waals surface area contributed by atoms with Crippen molar-refractivity contribution < 1.29 is 18.3 Å². The first-order valence-corrected chi connectivity index (χ1v) is 8.79. The molecule has 4 nitrogen and oxygen atoms in total. The third kappa shape index (κ3) is 4.80. The Hall–Kier alpha value is -1.07. The molecule has 0 aliphatic rings. The predicted octanol–water partition coefficient (Wildman–Crippen LogP) is 2.96. The van der Waals surface area contributed by atoms with Crippen molar-refractivity contribution in [3.8, 4) is 5.75 Å². The van der Waals surface area contributed by atoms with E-state index in [0.717, 1.165) is 12.7 Å². The van der Waals surface area contributed by atoms with Crippen LogP contribution in [0.3, 0.4) is 0 Å². The van der Waals surface area contributed by atoms with E-state index < -0.39 is 15.9 Å². The number of sulfone groups is 1. The van der Waals surface area contributed by atoms with E-state index in [0.29, 0.717) is 30.3 Å². The Morgan fingerprint density at radius 1 is 1.30 bits per heavy atom. The van der Waals surface area contributed by atoms with Crippen LogP contribution in [0.2, 0.25) is 0 Å². The van der Waals surface area contributed by atoms with Crippen molar-refractivity contribution in [2.24, 2.45) is 5.92 Å². The summed E-state index contributed by atoms with van der Waals surface area (Å²) in [7, 11) is -3.35. The first-order valence-electron chi connectivity index (χ1n) is 6.90. The van der Waals surface area contributed by atoms with Gasteiger partial charge in [0.15, 0.2) is 9.84 Å². The smallest absolute Gasteiger partial charge is 0.175 e. The Kier molecular flexibility index (Phi) is 6.02. The quantitative estimate of drug-likeness (QED) is 0.841. The molecule has 0 aromatic heterocycles. The molecule has 1 rings (SSSR count). The lowest BCUT2D eigenvalue weighted by Gasteiger charge is -2.15. The van der Waals surface area contributed by atoms with Gasteiger partial charge in [-0.05, 0) is 37.0 Å². The normalized spacial score (nSPS) is 13.5. The van der Waals surface area contributed by atoms with Crippen LogP contribution in [0.15, 0.2) is 23.1 Å². The number of ether oxygens (including phenoxy) is 1. The van der Waals surface area contributed by atoms with E-state index in [1.807, 2.05) is 6.92 Å². The summed E-state index contributed by atoms with van der Waals surface area (Å²) in [5, 5.41) is 9.99. The fourth-order valence-corrected chi connectivity index (χ4v) is 2.79. The lowest BCUT2D eigenvalue weighted by molar-refractivity contribution is 0.170. The lowest BCUT2D eigenvalue weighted by atomic mass is 10.1. The highest BCUT2D eigenvalue weighted by atomic mass is 32.2. The summed E-state index contributed by atoms with van der Waals surface area (Å²) in [6.07, 6.45) is 1.73. The Morgan fingerprint density at radius 3 is 2.45 bits per heavy atom. The molecule has 0 radical (unpaired) electrons. The van der Waals surface area contributed by atoms with Gasteiger partial charge in [-0.3, -0.25) is 0 Å². The van der Waals surface area contributed by atoms with Gasteiger partial charge in [-0.15, -0.1) is 0 Å². The van der Waals surface area contributed by atoms with Gasteiger partial charge in [-0.2, -0.15) is 0 Å². The van der Waals surface area contributed by atoms with Crippen LogP contribution in [-0.2, 0) is 9.84 Å². The van der Waals surface area contributed by atoms with Crippen LogP contribution in [-0.4, -0.2) is 26.4 Å². The van der Waals surface area contributed by atoms with Crippen LogP contribution in [0, 0.1) is 5.92 Å². The zero-order valence-electron chi connectivity index (χ0n) is 12.6. The van der Waals surface area contributed by atoms with Gasteiger partial charge in [-0.25, -0.2) is 8.42 Å². The number of rotatable bonds is 7. The van der Waals surface area contributed by atoms with Crippen molar-refractivity contribution in [3.05, 3.63) is 23.8 Å². The van der Waals surface area contributed by atoms with Crippen LogP contribution in [0.25, 0.3) is 0 Å². The molecule has 1 atom stereocenters. The number of aliphatic hydroxyl groups is 1. The topological polar surface area (TPSA) is 63.6 Å². The van der Waals surface area contributed by atoms with Gasteiger partial charge in [0.1, 0.15) is 5.75 Å². The molecule has 1 unspecified atom stereocenters. The highest BCUT2D eigenvalue weighted by molar-refractivity contribution is 7.90. The summed E-state index contributed by atoms with van der Waals surface area (Å²) in [6.45, 7) is 6.62. The van der Waals surface area contributed by atoms with Gasteiger partial charge in [0, 0.05) is 11.8 Å². The molecular formula is C15H24O4S. The number of hydrogen-bond acceptors (Lipinski definition) is 4. The lowest BCUT2D eigenvalue weighted by Crippen LogP contribution is -2.08. The molecule has 1 N–H and O–H groups in total. The van der Waals surface area contributed by atoms with E-state index >= 15 is 0 Å². The van der Waals surface area contributed by atoms with E-state index in [-0.39, 0.29) is 4.90 Å². The maximum Gasteiger partial charge on any atom is 0.175 e. The van der Waals surface area contributed by atoms with Gasteiger partial charge in [0.05, 0.1) is 17.6 Å². The maximum atomic E-state index is 11.7. The highest BCUT2D eigenvalue weighted by Gasteiger charge is 2.19. The molecule has 0 spiro atoms. The Bertz CT molecular complexity index is 535. The number of hydrogen-bond donors (Lipinski definition) is 1. The van der Waals surface area contributed by atoms with Gasteiger partial charge in [0.25, 0.3) is 0 Å². The fourth-order valence-electron chi connectivity index (χ4n) is 1.85. The molecule has 1 aromatic rings. The van der Waals surface area contributed by atoms with E-state index in [1.54, 1.807) is 12.1 Å². The second kappa shape index (κ2) is 7.09. The zero-order valence-corrected chi connectivity index (χ0v) is 13.4. The number of benzene rings is 1.